The molecular weight excluding hydrogens is 165 g/mol. The second-order valence-corrected chi connectivity index (χ2v) is 1.60. The van der Waals surface area contributed by atoms with Crippen LogP contribution in [-0.4, -0.2) is 30.6 Å². The van der Waals surface area contributed by atoms with E-state index >= 15 is 0 Å². The Morgan fingerprint density at radius 2 is 2.00 bits per heavy atom. The van der Waals surface area contributed by atoms with Gasteiger partial charge in [-0.3, -0.25) is 0 Å². The van der Waals surface area contributed by atoms with Gasteiger partial charge in [0.25, 0.3) is 0 Å². The fourth-order valence-electron chi connectivity index (χ4n) is 0.342. The van der Waals surface area contributed by atoms with Gasteiger partial charge in [0.2, 0.25) is 0 Å². The van der Waals surface area contributed by atoms with Crippen molar-refractivity contribution in [3.05, 3.63) is 0 Å². The predicted octanol–water partition coefficient (Wildman–Crippen LogP) is -0.202. The summed E-state index contributed by atoms with van der Waals surface area (Å²) in [5.74, 6) is 0. The summed E-state index contributed by atoms with van der Waals surface area (Å²) in [5, 5.41) is 10.6. The second kappa shape index (κ2) is 4.02. The van der Waals surface area contributed by atoms with Crippen LogP contribution in [0.2, 0.25) is 0 Å². The zero-order chi connectivity index (χ0) is 8.91. The number of nitrogens with one attached hydrogen (secondary N) is 2. The maximum absolute atomic E-state index is 11.3. The molecule has 0 aliphatic heterocycles. The number of hydrogen-bond donors (Lipinski definition) is 3. The fraction of sp³-hybridized carbons (Fsp3) is 0.750. The van der Waals surface area contributed by atoms with E-state index in [9.17, 15) is 18.0 Å². The molecule has 7 heteroatoms. The molecule has 0 heterocycles. The quantitative estimate of drug-likeness (QED) is 0.505. The maximum atomic E-state index is 11.3. The van der Waals surface area contributed by atoms with Gasteiger partial charge in [0, 0.05) is 6.54 Å². The zero-order valence-electron chi connectivity index (χ0n) is 5.40. The van der Waals surface area contributed by atoms with E-state index in [1.165, 1.54) is 0 Å². The molecule has 0 aromatic rings. The molecule has 2 amide bonds. The first-order chi connectivity index (χ1) is 4.95. The van der Waals surface area contributed by atoms with Crippen molar-refractivity contribution in [2.75, 3.05) is 13.2 Å². The molecule has 0 aromatic heterocycles. The molecule has 0 aliphatic rings. The summed E-state index contributed by atoms with van der Waals surface area (Å²) in [5.41, 5.74) is 0. The van der Waals surface area contributed by atoms with Crippen molar-refractivity contribution < 1.29 is 23.1 Å². The van der Waals surface area contributed by atoms with Gasteiger partial charge in [-0.2, -0.15) is 13.2 Å². The predicted molar refractivity (Wildman–Crippen MR) is 29.7 cm³/mol. The Bertz CT molecular complexity index is 136. The number of halogens is 3. The summed E-state index contributed by atoms with van der Waals surface area (Å²) < 4.78 is 33.9. The molecule has 0 bridgehead atoms. The van der Waals surface area contributed by atoms with Crippen LogP contribution < -0.4 is 10.6 Å². The zero-order valence-corrected chi connectivity index (χ0v) is 5.40. The summed E-state index contributed by atoms with van der Waals surface area (Å²) in [6.07, 6.45) is -4.72. The molecule has 0 aliphatic carbocycles. The van der Waals surface area contributed by atoms with Crippen LogP contribution in [0.1, 0.15) is 0 Å². The van der Waals surface area contributed by atoms with Crippen LogP contribution in [-0.2, 0) is 0 Å². The molecule has 0 spiro atoms. The van der Waals surface area contributed by atoms with Gasteiger partial charge in [-0.1, -0.05) is 0 Å². The van der Waals surface area contributed by atoms with Gasteiger partial charge in [0.15, 0.2) is 0 Å². The van der Waals surface area contributed by atoms with E-state index in [0.29, 0.717) is 5.32 Å². The van der Waals surface area contributed by atoms with E-state index in [2.05, 4.69) is 0 Å². The molecule has 0 unspecified atom stereocenters. The number of hydrogen-bond acceptors (Lipinski definition) is 2. The normalized spacial score (nSPS) is 10.9. The first kappa shape index (κ1) is 10.0. The van der Waals surface area contributed by atoms with Crippen molar-refractivity contribution in [3.63, 3.8) is 0 Å². The minimum absolute atomic E-state index is 0.206. The average molecular weight is 172 g/mol. The third-order valence-corrected chi connectivity index (χ3v) is 0.653. The first-order valence-corrected chi connectivity index (χ1v) is 2.69. The van der Waals surface area contributed by atoms with Crippen LogP contribution in [0.3, 0.4) is 0 Å². The van der Waals surface area contributed by atoms with Crippen molar-refractivity contribution in [1.29, 1.82) is 0 Å². The van der Waals surface area contributed by atoms with Gasteiger partial charge in [-0.05, 0) is 0 Å². The van der Waals surface area contributed by atoms with Gasteiger partial charge in [0.1, 0.15) is 0 Å². The molecule has 0 radical (unpaired) electrons. The van der Waals surface area contributed by atoms with Gasteiger partial charge in [-0.15, -0.1) is 0 Å². The summed E-state index contributed by atoms with van der Waals surface area (Å²) in [4.78, 5) is 10.2. The van der Waals surface area contributed by atoms with Crippen molar-refractivity contribution in [2.45, 2.75) is 6.30 Å². The highest BCUT2D eigenvalue weighted by Gasteiger charge is 2.29. The largest absolute Gasteiger partial charge is 0.485 e. The van der Waals surface area contributed by atoms with Gasteiger partial charge in [0.05, 0.1) is 6.61 Å². The van der Waals surface area contributed by atoms with Crippen LogP contribution >= 0.6 is 0 Å². The number of urea groups is 1. The summed E-state index contributed by atoms with van der Waals surface area (Å²) in [7, 11) is 0. The summed E-state index contributed by atoms with van der Waals surface area (Å²) in [6, 6.07) is -1.37. The van der Waals surface area contributed by atoms with Crippen LogP contribution in [0.5, 0.6) is 0 Å². The van der Waals surface area contributed by atoms with E-state index in [1.807, 2.05) is 0 Å². The standard InChI is InChI=1S/C4H7F3N2O2/c5-4(6,7)9-3(11)8-1-2-10/h10H,1-2H2,(H2,8,9,11). The van der Waals surface area contributed by atoms with Gasteiger partial charge < -0.3 is 10.4 Å². The maximum Gasteiger partial charge on any atom is 0.485 e. The molecule has 11 heavy (non-hydrogen) atoms. The number of carbonyl (C=O) groups is 1. The SMILES string of the molecule is O=C(NCCO)NC(F)(F)F. The minimum Gasteiger partial charge on any atom is -0.395 e. The summed E-state index contributed by atoms with van der Waals surface area (Å²) in [6.45, 7) is -0.604. The Labute approximate surface area is 60.4 Å². The van der Waals surface area contributed by atoms with Crippen molar-refractivity contribution in [2.24, 2.45) is 0 Å². The van der Waals surface area contributed by atoms with Crippen LogP contribution in [0.4, 0.5) is 18.0 Å². The molecule has 4 nitrogen and oxygen atoms in total. The van der Waals surface area contributed by atoms with E-state index in [0.717, 1.165) is 0 Å². The van der Waals surface area contributed by atoms with Crippen molar-refractivity contribution in [1.82, 2.24) is 10.6 Å². The fourth-order valence-corrected chi connectivity index (χ4v) is 0.342. The van der Waals surface area contributed by atoms with Crippen molar-refractivity contribution >= 4 is 6.03 Å². The Hall–Kier alpha value is -0.980. The number of aliphatic hydroxyl groups is 1. The second-order valence-electron chi connectivity index (χ2n) is 1.60. The molecule has 3 N–H and O–H groups in total. The van der Waals surface area contributed by atoms with Crippen LogP contribution in [0.25, 0.3) is 0 Å². The van der Waals surface area contributed by atoms with Crippen molar-refractivity contribution in [3.8, 4) is 0 Å². The Morgan fingerprint density at radius 1 is 1.45 bits per heavy atom. The molecule has 0 saturated heterocycles. The van der Waals surface area contributed by atoms with E-state index in [1.54, 1.807) is 5.32 Å². The molecule has 0 atom stereocenters. The number of carbonyl (C=O) groups excluding carboxylic acids is 1. The van der Waals surface area contributed by atoms with Gasteiger partial charge in [-0.25, -0.2) is 10.1 Å². The molecule has 0 aromatic carbocycles. The number of alkyl halides is 3. The third kappa shape index (κ3) is 6.91. The summed E-state index contributed by atoms with van der Waals surface area (Å²) >= 11 is 0. The monoisotopic (exact) mass is 172 g/mol. The van der Waals surface area contributed by atoms with Crippen LogP contribution in [0.15, 0.2) is 0 Å². The number of amides is 2. The Balaban J connectivity index is 3.53. The lowest BCUT2D eigenvalue weighted by Crippen LogP contribution is -2.44. The minimum atomic E-state index is -4.72. The third-order valence-electron chi connectivity index (χ3n) is 0.653. The molecular formula is C4H7F3N2O2. The highest BCUT2D eigenvalue weighted by Crippen LogP contribution is 2.08. The highest BCUT2D eigenvalue weighted by atomic mass is 19.4. The molecule has 66 valence electrons. The lowest BCUT2D eigenvalue weighted by molar-refractivity contribution is -0.145. The van der Waals surface area contributed by atoms with E-state index < -0.39 is 18.9 Å². The number of rotatable bonds is 2. The van der Waals surface area contributed by atoms with E-state index in [4.69, 9.17) is 5.11 Å². The molecule has 0 rings (SSSR count). The smallest absolute Gasteiger partial charge is 0.395 e. The highest BCUT2D eigenvalue weighted by molar-refractivity contribution is 5.74. The lowest BCUT2D eigenvalue weighted by Gasteiger charge is -2.08. The molecule has 0 fully saturated rings. The van der Waals surface area contributed by atoms with Crippen LogP contribution in [0, 0.1) is 0 Å². The first-order valence-electron chi connectivity index (χ1n) is 2.69. The average Bonchev–Trinajstić information content (AvgIpc) is 1.79. The Morgan fingerprint density at radius 3 is 2.36 bits per heavy atom. The molecule has 0 saturated carbocycles. The Kier molecular flexibility index (Phi) is 3.66. The van der Waals surface area contributed by atoms with E-state index in [-0.39, 0.29) is 6.54 Å². The van der Waals surface area contributed by atoms with Gasteiger partial charge >= 0.3 is 12.3 Å². The number of aliphatic hydroxyl groups excluding tert-OH is 1. The lowest BCUT2D eigenvalue weighted by atomic mass is 10.7. The topological polar surface area (TPSA) is 61.4 Å².